The summed E-state index contributed by atoms with van der Waals surface area (Å²) in [5.74, 6) is -1.33. The van der Waals surface area contributed by atoms with Crippen molar-refractivity contribution >= 4 is 17.6 Å². The van der Waals surface area contributed by atoms with E-state index < -0.39 is 35.2 Å². The first-order chi connectivity index (χ1) is 16.9. The number of carbonyl (C=O) groups is 2. The van der Waals surface area contributed by atoms with Crippen molar-refractivity contribution in [1.82, 2.24) is 0 Å². The molecule has 0 bridgehead atoms. The molecule has 0 aliphatic carbocycles. The van der Waals surface area contributed by atoms with E-state index in [0.717, 1.165) is 13.2 Å². The zero-order valence-corrected chi connectivity index (χ0v) is 20.6. The van der Waals surface area contributed by atoms with Crippen LogP contribution in [0, 0.1) is 6.92 Å². The lowest BCUT2D eigenvalue weighted by molar-refractivity contribution is -0.154. The summed E-state index contributed by atoms with van der Waals surface area (Å²) in [7, 11) is 3.96. The number of aliphatic hydroxyl groups excluding tert-OH is 1. The number of esters is 2. The molecule has 3 rings (SSSR count). The van der Waals surface area contributed by atoms with Crippen molar-refractivity contribution in [3.63, 3.8) is 0 Å². The van der Waals surface area contributed by atoms with Crippen LogP contribution < -0.4 is 10.1 Å². The van der Waals surface area contributed by atoms with Crippen molar-refractivity contribution < 1.29 is 42.1 Å². The number of carbonyl (C=O) groups excluding carboxylic acids is 2. The highest BCUT2D eigenvalue weighted by Gasteiger charge is 2.51. The number of hydrogen-bond acceptors (Lipinski definition) is 7. The Morgan fingerprint density at radius 2 is 1.89 bits per heavy atom. The number of anilines is 1. The second kappa shape index (κ2) is 10.2. The van der Waals surface area contributed by atoms with E-state index in [2.05, 4.69) is 5.32 Å². The lowest BCUT2D eigenvalue weighted by Gasteiger charge is -2.34. The summed E-state index contributed by atoms with van der Waals surface area (Å²) in [6, 6.07) is 7.64. The number of benzene rings is 2. The van der Waals surface area contributed by atoms with Gasteiger partial charge in [-0.15, -0.1) is 0 Å². The number of rotatable bonds is 8. The van der Waals surface area contributed by atoms with Gasteiger partial charge in [-0.2, -0.15) is 13.2 Å². The molecule has 2 aromatic carbocycles. The molecule has 0 saturated carbocycles. The molecule has 2 atom stereocenters. The monoisotopic (exact) mass is 507 g/mol. The van der Waals surface area contributed by atoms with Gasteiger partial charge in [-0.3, -0.25) is 4.79 Å². The summed E-state index contributed by atoms with van der Waals surface area (Å²) in [4.78, 5) is 25.1. The van der Waals surface area contributed by atoms with Crippen molar-refractivity contribution in [1.29, 1.82) is 0 Å². The number of aliphatic hydroxyl groups is 1. The van der Waals surface area contributed by atoms with Crippen LogP contribution >= 0.6 is 0 Å². The Hall–Kier alpha value is -3.53. The Labute approximate surface area is 206 Å². The quantitative estimate of drug-likeness (QED) is 0.408. The maximum atomic E-state index is 14.3. The third-order valence-corrected chi connectivity index (χ3v) is 6.60. The highest BCUT2D eigenvalue weighted by molar-refractivity contribution is 6.01. The first kappa shape index (κ1) is 27.1. The molecule has 1 heterocycles. The van der Waals surface area contributed by atoms with Gasteiger partial charge in [-0.05, 0) is 31.4 Å². The zero-order chi connectivity index (χ0) is 26.8. The van der Waals surface area contributed by atoms with Crippen LogP contribution in [0.4, 0.5) is 18.9 Å². The van der Waals surface area contributed by atoms with Gasteiger partial charge in [0.2, 0.25) is 0 Å². The summed E-state index contributed by atoms with van der Waals surface area (Å²) in [5, 5.41) is 14.0. The van der Waals surface area contributed by atoms with Gasteiger partial charge in [0.15, 0.2) is 0 Å². The molecule has 2 unspecified atom stereocenters. The molecule has 7 nitrogen and oxygen atoms in total. The van der Waals surface area contributed by atoms with Crippen LogP contribution in [0.2, 0.25) is 0 Å². The van der Waals surface area contributed by atoms with Gasteiger partial charge in [-0.1, -0.05) is 36.4 Å². The molecule has 10 heteroatoms. The minimum Gasteiger partial charge on any atom is -0.496 e. The van der Waals surface area contributed by atoms with Crippen LogP contribution in [-0.4, -0.2) is 50.6 Å². The summed E-state index contributed by atoms with van der Waals surface area (Å²) < 4.78 is 58.4. The number of cyclic esters (lactones) is 1. The average Bonchev–Trinajstić information content (AvgIpc) is 3.24. The number of alkyl halides is 3. The largest absolute Gasteiger partial charge is 0.496 e. The molecule has 0 aromatic heterocycles. The van der Waals surface area contributed by atoms with Crippen LogP contribution in [-0.2, 0) is 32.7 Å². The van der Waals surface area contributed by atoms with Crippen molar-refractivity contribution in [2.24, 2.45) is 0 Å². The van der Waals surface area contributed by atoms with Crippen LogP contribution in [0.3, 0.4) is 0 Å². The Morgan fingerprint density at radius 3 is 2.42 bits per heavy atom. The fourth-order valence-corrected chi connectivity index (χ4v) is 4.62. The number of hydrogen-bond donors (Lipinski definition) is 2. The first-order valence-electron chi connectivity index (χ1n) is 11.1. The van der Waals surface area contributed by atoms with Gasteiger partial charge in [0.25, 0.3) is 0 Å². The molecule has 0 radical (unpaired) electrons. The lowest BCUT2D eigenvalue weighted by atomic mass is 9.74. The topological polar surface area (TPSA) is 94.1 Å². The highest BCUT2D eigenvalue weighted by Crippen LogP contribution is 2.43. The Bertz CT molecular complexity index is 1190. The molecule has 0 fully saturated rings. The van der Waals surface area contributed by atoms with E-state index in [1.807, 2.05) is 0 Å². The maximum Gasteiger partial charge on any atom is 0.414 e. The summed E-state index contributed by atoms with van der Waals surface area (Å²) >= 11 is 0. The van der Waals surface area contributed by atoms with Gasteiger partial charge >= 0.3 is 18.1 Å². The molecule has 2 N–H and O–H groups in total. The first-order valence-corrected chi connectivity index (χ1v) is 11.1. The van der Waals surface area contributed by atoms with Crippen molar-refractivity contribution in [2.75, 3.05) is 26.6 Å². The van der Waals surface area contributed by atoms with Gasteiger partial charge in [0.05, 0.1) is 31.0 Å². The van der Waals surface area contributed by atoms with Crippen molar-refractivity contribution in [3.8, 4) is 5.75 Å². The van der Waals surface area contributed by atoms with Gasteiger partial charge in [0, 0.05) is 18.2 Å². The second-order valence-corrected chi connectivity index (χ2v) is 8.52. The Kier molecular flexibility index (Phi) is 7.68. The predicted molar refractivity (Wildman–Crippen MR) is 126 cm³/mol. The van der Waals surface area contributed by atoms with Crippen LogP contribution in [0.25, 0.3) is 0 Å². The van der Waals surface area contributed by atoms with Gasteiger partial charge < -0.3 is 24.6 Å². The Morgan fingerprint density at radius 1 is 1.25 bits per heavy atom. The molecule has 0 saturated heterocycles. The number of fused-ring (bicyclic) bond motifs is 1. The van der Waals surface area contributed by atoms with Crippen LogP contribution in [0.1, 0.15) is 39.5 Å². The van der Waals surface area contributed by atoms with E-state index in [9.17, 15) is 27.9 Å². The third-order valence-electron chi connectivity index (χ3n) is 6.60. The average molecular weight is 508 g/mol. The highest BCUT2D eigenvalue weighted by atomic mass is 19.4. The fourth-order valence-electron chi connectivity index (χ4n) is 4.62. The van der Waals surface area contributed by atoms with Gasteiger partial charge in [0.1, 0.15) is 23.9 Å². The normalized spacial score (nSPS) is 16.0. The predicted octanol–water partition coefficient (Wildman–Crippen LogP) is 4.24. The smallest absolute Gasteiger partial charge is 0.414 e. The fraction of sp³-hybridized carbons (Fsp3) is 0.385. The zero-order valence-electron chi connectivity index (χ0n) is 20.6. The third kappa shape index (κ3) is 4.53. The summed E-state index contributed by atoms with van der Waals surface area (Å²) in [5.41, 5.74) is -1.27. The van der Waals surface area contributed by atoms with E-state index in [4.69, 9.17) is 14.2 Å². The van der Waals surface area contributed by atoms with Crippen molar-refractivity contribution in [3.05, 3.63) is 69.8 Å². The minimum absolute atomic E-state index is 0.0300. The van der Waals surface area contributed by atoms with Crippen LogP contribution in [0.5, 0.6) is 5.75 Å². The number of halogens is 3. The molecule has 1 aliphatic heterocycles. The van der Waals surface area contributed by atoms with E-state index in [-0.39, 0.29) is 35.4 Å². The summed E-state index contributed by atoms with van der Waals surface area (Å²) in [6.07, 6.45) is -6.84. The molecule has 0 spiro atoms. The standard InChI is InChI=1S/C26H28F3NO6/c1-14-17-13-36-23(32)19(17)20(30-3)16(21(14)34-4)11-12-18(26(27,28)29)22(31)25(2,24(33)35-5)15-9-7-6-8-10-15/h6-10,12,22,30-31H,11,13H2,1-5H3. The van der Waals surface area contributed by atoms with E-state index >= 15 is 0 Å². The SMILES string of the molecule is CNc1c(CC=C(C(O)C(C)(C(=O)OC)c2ccccc2)C(F)(F)F)c(OC)c(C)c2c1C(=O)OC2. The molecular formula is C26H28F3NO6. The van der Waals surface area contributed by atoms with E-state index in [1.165, 1.54) is 33.2 Å². The number of allylic oxidation sites excluding steroid dienone is 1. The molecule has 0 amide bonds. The number of nitrogens with one attached hydrogen (secondary N) is 1. The minimum atomic E-state index is -4.98. The van der Waals surface area contributed by atoms with E-state index in [0.29, 0.717) is 16.9 Å². The molecular weight excluding hydrogens is 479 g/mol. The molecule has 194 valence electrons. The van der Waals surface area contributed by atoms with Gasteiger partial charge in [-0.25, -0.2) is 4.79 Å². The molecule has 2 aromatic rings. The van der Waals surface area contributed by atoms with Crippen LogP contribution in [0.15, 0.2) is 42.0 Å². The van der Waals surface area contributed by atoms with Crippen molar-refractivity contribution in [2.45, 2.75) is 44.6 Å². The Balaban J connectivity index is 2.19. The molecule has 1 aliphatic rings. The maximum absolute atomic E-state index is 14.3. The number of methoxy groups -OCH3 is 2. The molecule has 36 heavy (non-hydrogen) atoms. The summed E-state index contributed by atoms with van der Waals surface area (Å²) in [6.45, 7) is 2.92. The number of ether oxygens (including phenoxy) is 3. The second-order valence-electron chi connectivity index (χ2n) is 8.52. The van der Waals surface area contributed by atoms with E-state index in [1.54, 1.807) is 25.1 Å². The lowest BCUT2D eigenvalue weighted by Crippen LogP contribution is -2.48.